The second kappa shape index (κ2) is 5.80. The summed E-state index contributed by atoms with van der Waals surface area (Å²) in [5.41, 5.74) is 5.87. The number of halogens is 2. The highest BCUT2D eigenvalue weighted by molar-refractivity contribution is 5.31. The Morgan fingerprint density at radius 1 is 1.25 bits per heavy atom. The molecule has 0 fully saturated rings. The third-order valence-electron chi connectivity index (χ3n) is 2.05. The van der Waals surface area contributed by atoms with Gasteiger partial charge in [0.15, 0.2) is 17.4 Å². The van der Waals surface area contributed by atoms with Gasteiger partial charge in [0.25, 0.3) is 0 Å². The smallest absolute Gasteiger partial charge is 0.190 e. The molecule has 1 aromatic rings. The first-order valence-electron chi connectivity index (χ1n) is 5.35. The van der Waals surface area contributed by atoms with Gasteiger partial charge in [-0.25, -0.2) is 8.78 Å². The van der Waals surface area contributed by atoms with Crippen LogP contribution in [0.5, 0.6) is 5.75 Å². The molecule has 1 rings (SSSR count). The zero-order valence-electron chi connectivity index (χ0n) is 9.59. The molecule has 2 N–H and O–H groups in total. The van der Waals surface area contributed by atoms with Crippen LogP contribution < -0.4 is 10.5 Å². The third-order valence-corrected chi connectivity index (χ3v) is 2.05. The van der Waals surface area contributed by atoms with Crippen molar-refractivity contribution >= 4 is 0 Å². The molecule has 16 heavy (non-hydrogen) atoms. The van der Waals surface area contributed by atoms with Crippen LogP contribution in [0.1, 0.15) is 19.4 Å². The van der Waals surface area contributed by atoms with Crippen molar-refractivity contribution in [3.8, 4) is 5.75 Å². The summed E-state index contributed by atoms with van der Waals surface area (Å²) in [6.07, 6.45) is 0.457. The Bertz CT molecular complexity index is 330. The summed E-state index contributed by atoms with van der Waals surface area (Å²) in [6, 6.07) is 2.54. The quantitative estimate of drug-likeness (QED) is 0.842. The molecule has 0 aliphatic heterocycles. The molecule has 0 aliphatic carbocycles. The van der Waals surface area contributed by atoms with Gasteiger partial charge in [-0.3, -0.25) is 0 Å². The van der Waals surface area contributed by atoms with E-state index in [1.807, 2.05) is 13.8 Å². The minimum Gasteiger partial charge on any atom is -0.487 e. The Hall–Kier alpha value is -1.16. The Morgan fingerprint density at radius 3 is 2.25 bits per heavy atom. The fourth-order valence-electron chi connectivity index (χ4n) is 1.31. The van der Waals surface area contributed by atoms with E-state index in [1.165, 1.54) is 12.1 Å². The highest BCUT2D eigenvalue weighted by Crippen LogP contribution is 2.24. The molecule has 0 spiro atoms. The maximum absolute atomic E-state index is 13.5. The molecule has 0 unspecified atom stereocenters. The molecule has 0 amide bonds. The first-order valence-corrected chi connectivity index (χ1v) is 5.35. The van der Waals surface area contributed by atoms with E-state index in [0.717, 1.165) is 0 Å². The molecule has 0 aromatic heterocycles. The van der Waals surface area contributed by atoms with Gasteiger partial charge in [0.2, 0.25) is 0 Å². The summed E-state index contributed by atoms with van der Waals surface area (Å²) in [7, 11) is 0. The highest BCUT2D eigenvalue weighted by atomic mass is 19.1. The molecule has 0 radical (unpaired) electrons. The predicted octanol–water partition coefficient (Wildman–Crippen LogP) is 2.50. The van der Waals surface area contributed by atoms with Crippen LogP contribution in [0.2, 0.25) is 0 Å². The molecule has 4 heteroatoms. The van der Waals surface area contributed by atoms with Crippen LogP contribution in [0.3, 0.4) is 0 Å². The number of rotatable bonds is 5. The van der Waals surface area contributed by atoms with Crippen LogP contribution in [0.15, 0.2) is 12.1 Å². The van der Waals surface area contributed by atoms with E-state index in [4.69, 9.17) is 10.5 Å². The van der Waals surface area contributed by atoms with Crippen LogP contribution >= 0.6 is 0 Å². The number of hydrogen-bond donors (Lipinski definition) is 1. The molecule has 0 heterocycles. The van der Waals surface area contributed by atoms with Gasteiger partial charge in [0, 0.05) is 0 Å². The topological polar surface area (TPSA) is 35.2 Å². The molecule has 0 aliphatic rings. The van der Waals surface area contributed by atoms with Crippen LogP contribution in [0.25, 0.3) is 0 Å². The number of benzene rings is 1. The standard InChI is InChI=1S/C12H17F2NO/c1-8(2)7-16-12-10(13)5-9(3-4-15)6-11(12)14/h5-6,8H,3-4,7,15H2,1-2H3. The number of hydrogen-bond acceptors (Lipinski definition) is 2. The summed E-state index contributed by atoms with van der Waals surface area (Å²) in [4.78, 5) is 0. The van der Waals surface area contributed by atoms with Crippen molar-refractivity contribution in [3.05, 3.63) is 29.3 Å². The van der Waals surface area contributed by atoms with Gasteiger partial charge in [-0.1, -0.05) is 13.8 Å². The van der Waals surface area contributed by atoms with Crippen molar-refractivity contribution in [2.24, 2.45) is 11.7 Å². The van der Waals surface area contributed by atoms with E-state index in [0.29, 0.717) is 25.1 Å². The predicted molar refractivity (Wildman–Crippen MR) is 59.4 cm³/mol. The van der Waals surface area contributed by atoms with Crippen LogP contribution in [0.4, 0.5) is 8.78 Å². The van der Waals surface area contributed by atoms with Gasteiger partial charge < -0.3 is 10.5 Å². The Labute approximate surface area is 94.4 Å². The highest BCUT2D eigenvalue weighted by Gasteiger charge is 2.12. The number of nitrogens with two attached hydrogens (primary N) is 1. The zero-order valence-corrected chi connectivity index (χ0v) is 9.59. The third kappa shape index (κ3) is 3.45. The summed E-state index contributed by atoms with van der Waals surface area (Å²) >= 11 is 0. The summed E-state index contributed by atoms with van der Waals surface area (Å²) in [5.74, 6) is -1.40. The van der Waals surface area contributed by atoms with Gasteiger partial charge in [0.05, 0.1) is 6.61 Å². The Kier molecular flexibility index (Phi) is 4.68. The molecular weight excluding hydrogens is 212 g/mol. The fourth-order valence-corrected chi connectivity index (χ4v) is 1.31. The lowest BCUT2D eigenvalue weighted by Gasteiger charge is -2.11. The summed E-state index contributed by atoms with van der Waals surface area (Å²) in [5, 5.41) is 0. The Balaban J connectivity index is 2.85. The molecule has 0 saturated heterocycles. The second-order valence-electron chi connectivity index (χ2n) is 4.13. The van der Waals surface area contributed by atoms with Crippen molar-refractivity contribution in [3.63, 3.8) is 0 Å². The van der Waals surface area contributed by atoms with Gasteiger partial charge in [-0.05, 0) is 36.6 Å². The summed E-state index contributed by atoms with van der Waals surface area (Å²) in [6.45, 7) is 4.49. The monoisotopic (exact) mass is 229 g/mol. The first kappa shape index (κ1) is 12.9. The average Bonchev–Trinajstić information content (AvgIpc) is 2.16. The Morgan fingerprint density at radius 2 is 1.81 bits per heavy atom. The van der Waals surface area contributed by atoms with Crippen molar-refractivity contribution in [1.82, 2.24) is 0 Å². The largest absolute Gasteiger partial charge is 0.487 e. The van der Waals surface area contributed by atoms with Crippen molar-refractivity contribution < 1.29 is 13.5 Å². The van der Waals surface area contributed by atoms with Gasteiger partial charge >= 0.3 is 0 Å². The minimum absolute atomic E-state index is 0.225. The second-order valence-corrected chi connectivity index (χ2v) is 4.13. The molecule has 0 atom stereocenters. The number of ether oxygens (including phenoxy) is 1. The van der Waals surface area contributed by atoms with Crippen LogP contribution in [-0.2, 0) is 6.42 Å². The SMILES string of the molecule is CC(C)COc1c(F)cc(CCN)cc1F. The van der Waals surface area contributed by atoms with E-state index in [9.17, 15) is 8.78 Å². The molecule has 1 aromatic carbocycles. The van der Waals surface area contributed by atoms with Gasteiger partial charge in [0.1, 0.15) is 0 Å². The average molecular weight is 229 g/mol. The maximum Gasteiger partial charge on any atom is 0.190 e. The molecule has 2 nitrogen and oxygen atoms in total. The minimum atomic E-state index is -0.663. The van der Waals surface area contributed by atoms with E-state index in [-0.39, 0.29) is 11.7 Å². The van der Waals surface area contributed by atoms with Crippen molar-refractivity contribution in [2.45, 2.75) is 20.3 Å². The lowest BCUT2D eigenvalue weighted by atomic mass is 10.1. The molecule has 90 valence electrons. The van der Waals surface area contributed by atoms with Gasteiger partial charge in [-0.2, -0.15) is 0 Å². The molecule has 0 saturated carbocycles. The lowest BCUT2D eigenvalue weighted by Crippen LogP contribution is -2.08. The van der Waals surface area contributed by atoms with Crippen molar-refractivity contribution in [1.29, 1.82) is 0 Å². The fraction of sp³-hybridized carbons (Fsp3) is 0.500. The van der Waals surface area contributed by atoms with E-state index in [2.05, 4.69) is 0 Å². The maximum atomic E-state index is 13.5. The first-order chi connectivity index (χ1) is 7.54. The van der Waals surface area contributed by atoms with E-state index >= 15 is 0 Å². The summed E-state index contributed by atoms with van der Waals surface area (Å²) < 4.78 is 32.0. The molecule has 0 bridgehead atoms. The van der Waals surface area contributed by atoms with Gasteiger partial charge in [-0.15, -0.1) is 0 Å². The van der Waals surface area contributed by atoms with Crippen LogP contribution in [-0.4, -0.2) is 13.2 Å². The van der Waals surface area contributed by atoms with E-state index < -0.39 is 11.6 Å². The zero-order chi connectivity index (χ0) is 12.1. The normalized spacial score (nSPS) is 10.9. The van der Waals surface area contributed by atoms with Crippen molar-refractivity contribution in [2.75, 3.05) is 13.2 Å². The molecular formula is C12H17F2NO. The van der Waals surface area contributed by atoms with Crippen LogP contribution in [0, 0.1) is 17.6 Å². The van der Waals surface area contributed by atoms with E-state index in [1.54, 1.807) is 0 Å². The lowest BCUT2D eigenvalue weighted by molar-refractivity contribution is 0.247.